The Morgan fingerprint density at radius 3 is 0.986 bits per heavy atom. The van der Waals surface area contributed by atoms with Crippen molar-refractivity contribution in [3.8, 4) is 78.1 Å². The van der Waals surface area contributed by atoms with Gasteiger partial charge in [0.25, 0.3) is 0 Å². The molecule has 0 radical (unpaired) electrons. The van der Waals surface area contributed by atoms with Gasteiger partial charge in [-0.25, -0.2) is 0 Å². The Bertz CT molecular complexity index is 9300. The molecule has 0 atom stereocenters. The standard InChI is InChI=1S/C69H46N2.C42H30.C28H18BrN/c1-3-21-55(22-4-1)69(56-23-5-2-6-24-56)65-28-13-11-26-61(65)62-41-39-60(46-66(62)69)70(57-36-32-49(33-37-57)53-31-30-47-16-7-9-18-50(47)42-53)58-25-15-20-52(44-58)54-35-40-64-63-27-12-14-29-67(63)71(68(64)45-54)59-38-34-48-17-8-10-19-51(48)43-59;1-3-13-36(14-4-1)42(37-15-5-2-6-16-37)40-18-10-9-17-38(40)39-26-21-31(28-41(39)42)27-30-19-22-33(23-20-30)35-25-24-32-11-7-8-12-34(32)29-35;29-23-9-5-8-20(16-23)22-13-15-26-25-10-3-4-11-27(25)30(28(26)18-22)24-14-12-19-6-1-2-7-21(19)17-24/h1-46H;1-26,28-29H,27H2;1-18H. The molecule has 0 fully saturated rings. The van der Waals surface area contributed by atoms with Crippen molar-refractivity contribution in [1.82, 2.24) is 9.13 Å². The van der Waals surface area contributed by atoms with Crippen LogP contribution >= 0.6 is 15.9 Å². The SMILES string of the molecule is Brc1cccc(-c2ccc3c4ccccc4n(-c4ccc5ccccc5c4)c3c2)c1.c1ccc(C2(c3ccccc3)c3ccccc3-c3ccc(Cc4ccc(-c5ccc6ccccc6c5)cc4)cc32)cc1.c1ccc(C2(c3ccccc3)c3ccccc3-c3ccc(N(c4ccc(-c5ccc6ccccc6c5)cc4)c4cccc(-c5ccc6c7ccccc7n(-c7ccc8ccccc8c7)c6c5)c4)cc32)cc1. The van der Waals surface area contributed by atoms with Crippen molar-refractivity contribution in [3.05, 3.63) is 618 Å². The molecule has 2 aromatic heterocycles. The maximum absolute atomic E-state index is 3.61. The van der Waals surface area contributed by atoms with Crippen LogP contribution in [0.5, 0.6) is 0 Å². The minimum atomic E-state index is -0.531. The number of nitrogens with zero attached hydrogens (tertiary/aromatic N) is 3. The van der Waals surface area contributed by atoms with Gasteiger partial charge in [0.05, 0.1) is 32.9 Å². The van der Waals surface area contributed by atoms with E-state index in [0.29, 0.717) is 0 Å². The zero-order valence-corrected chi connectivity index (χ0v) is 80.1. The molecule has 0 N–H and O–H groups in total. The van der Waals surface area contributed by atoms with Gasteiger partial charge in [0.15, 0.2) is 0 Å². The number of rotatable bonds is 15. The maximum atomic E-state index is 3.61. The summed E-state index contributed by atoms with van der Waals surface area (Å²) in [5.41, 5.74) is 37.4. The summed E-state index contributed by atoms with van der Waals surface area (Å²) in [7, 11) is 0. The molecule has 26 aromatic rings. The summed E-state index contributed by atoms with van der Waals surface area (Å²) in [6, 6.07) is 205. The van der Waals surface area contributed by atoms with Gasteiger partial charge in [-0.05, 0) is 281 Å². The number of benzene rings is 24. The summed E-state index contributed by atoms with van der Waals surface area (Å²) in [6.45, 7) is 0. The zero-order chi connectivity index (χ0) is 94.9. The fourth-order valence-corrected chi connectivity index (χ4v) is 23.6. The number of hydrogen-bond acceptors (Lipinski definition) is 1. The predicted octanol–water partition coefficient (Wildman–Crippen LogP) is 37.1. The molecule has 672 valence electrons. The van der Waals surface area contributed by atoms with Crippen LogP contribution in [-0.2, 0) is 17.3 Å². The van der Waals surface area contributed by atoms with Crippen molar-refractivity contribution in [2.45, 2.75) is 17.3 Å². The Balaban J connectivity index is 0.000000122. The van der Waals surface area contributed by atoms with Crippen molar-refractivity contribution >= 4 is 120 Å². The van der Waals surface area contributed by atoms with E-state index in [4.69, 9.17) is 0 Å². The summed E-state index contributed by atoms with van der Waals surface area (Å²) >= 11 is 3.61. The summed E-state index contributed by atoms with van der Waals surface area (Å²) < 4.78 is 5.91. The quantitative estimate of drug-likeness (QED) is 0.0997. The van der Waals surface area contributed by atoms with Crippen molar-refractivity contribution in [2.24, 2.45) is 0 Å². The molecule has 4 heteroatoms. The largest absolute Gasteiger partial charge is 0.310 e. The van der Waals surface area contributed by atoms with Crippen molar-refractivity contribution in [2.75, 3.05) is 4.90 Å². The molecule has 2 aliphatic carbocycles. The first kappa shape index (κ1) is 85.6. The molecule has 0 amide bonds. The Kier molecular flexibility index (Phi) is 21.7. The highest BCUT2D eigenvalue weighted by Crippen LogP contribution is 2.60. The molecule has 143 heavy (non-hydrogen) atoms. The molecular formula is C139H94BrN3. The minimum absolute atomic E-state index is 0.357. The lowest BCUT2D eigenvalue weighted by molar-refractivity contribution is 0.767. The van der Waals surface area contributed by atoms with E-state index in [0.717, 1.165) is 44.8 Å². The molecular weight excluding hydrogens is 1790 g/mol. The second kappa shape index (κ2) is 36.2. The highest BCUT2D eigenvalue weighted by atomic mass is 79.9. The molecule has 0 saturated heterocycles. The van der Waals surface area contributed by atoms with Gasteiger partial charge in [-0.15, -0.1) is 0 Å². The van der Waals surface area contributed by atoms with Crippen molar-refractivity contribution in [1.29, 1.82) is 0 Å². The zero-order valence-electron chi connectivity index (χ0n) is 78.5. The van der Waals surface area contributed by atoms with Gasteiger partial charge in [0, 0.05) is 54.5 Å². The molecule has 0 saturated carbocycles. The first-order valence-corrected chi connectivity index (χ1v) is 50.2. The Morgan fingerprint density at radius 1 is 0.182 bits per heavy atom. The number of para-hydroxylation sites is 2. The highest BCUT2D eigenvalue weighted by Gasteiger charge is 2.48. The second-order valence-corrected chi connectivity index (χ2v) is 38.8. The molecule has 2 heterocycles. The summed E-state index contributed by atoms with van der Waals surface area (Å²) in [4.78, 5) is 2.45. The van der Waals surface area contributed by atoms with Crippen LogP contribution in [0, 0.1) is 0 Å². The first-order chi connectivity index (χ1) is 70.8. The van der Waals surface area contributed by atoms with Crippen LogP contribution in [0.1, 0.15) is 55.6 Å². The van der Waals surface area contributed by atoms with Gasteiger partial charge in [0.1, 0.15) is 0 Å². The third-order valence-electron chi connectivity index (χ3n) is 29.8. The van der Waals surface area contributed by atoms with E-state index in [1.54, 1.807) is 0 Å². The maximum Gasteiger partial charge on any atom is 0.0714 e. The molecule has 3 nitrogen and oxygen atoms in total. The summed E-state index contributed by atoms with van der Waals surface area (Å²) in [6.07, 6.45) is 0.890. The lowest BCUT2D eigenvalue weighted by Gasteiger charge is -2.35. The van der Waals surface area contributed by atoms with E-state index in [1.165, 1.54) is 204 Å². The van der Waals surface area contributed by atoms with E-state index in [2.05, 4.69) is 588 Å². The number of halogens is 1. The smallest absolute Gasteiger partial charge is 0.0714 e. The van der Waals surface area contributed by atoms with E-state index >= 15 is 0 Å². The molecule has 2 aliphatic rings. The van der Waals surface area contributed by atoms with Crippen LogP contribution in [0.4, 0.5) is 17.1 Å². The lowest BCUT2D eigenvalue weighted by Crippen LogP contribution is -2.28. The molecule has 0 bridgehead atoms. The number of fused-ring (bicyclic) bond motifs is 16. The van der Waals surface area contributed by atoms with Crippen LogP contribution in [0.3, 0.4) is 0 Å². The molecule has 28 rings (SSSR count). The van der Waals surface area contributed by atoms with Crippen molar-refractivity contribution in [3.63, 3.8) is 0 Å². The van der Waals surface area contributed by atoms with Gasteiger partial charge in [-0.2, -0.15) is 0 Å². The number of aromatic nitrogens is 2. The normalized spacial score (nSPS) is 12.5. The molecule has 24 aromatic carbocycles. The summed E-state index contributed by atoms with van der Waals surface area (Å²) in [5.74, 6) is 0. The summed E-state index contributed by atoms with van der Waals surface area (Å²) in [5, 5.41) is 15.1. The van der Waals surface area contributed by atoms with Crippen LogP contribution in [0.15, 0.2) is 563 Å². The average molecular weight is 1890 g/mol. The van der Waals surface area contributed by atoms with Crippen LogP contribution in [-0.4, -0.2) is 9.13 Å². The number of hydrogen-bond donors (Lipinski definition) is 0. The van der Waals surface area contributed by atoms with E-state index in [-0.39, 0.29) is 5.41 Å². The van der Waals surface area contributed by atoms with Crippen LogP contribution < -0.4 is 4.90 Å². The average Bonchev–Trinajstić information content (AvgIpc) is 1.54. The monoisotopic (exact) mass is 1880 g/mol. The fourth-order valence-electron chi connectivity index (χ4n) is 23.2. The third kappa shape index (κ3) is 15.1. The van der Waals surface area contributed by atoms with Gasteiger partial charge < -0.3 is 14.0 Å². The number of anilines is 3. The Morgan fingerprint density at radius 2 is 0.510 bits per heavy atom. The Hall–Kier alpha value is -17.8. The predicted molar refractivity (Wildman–Crippen MR) is 606 cm³/mol. The molecule has 0 unspecified atom stereocenters. The lowest BCUT2D eigenvalue weighted by atomic mass is 9.67. The topological polar surface area (TPSA) is 13.1 Å². The van der Waals surface area contributed by atoms with Crippen molar-refractivity contribution < 1.29 is 0 Å². The Labute approximate surface area is 840 Å². The van der Waals surface area contributed by atoms with Crippen LogP contribution in [0.25, 0.3) is 165 Å². The fraction of sp³-hybridized carbons (Fsp3) is 0.0216. The van der Waals surface area contributed by atoms with Gasteiger partial charge in [-0.1, -0.05) is 465 Å². The molecule has 0 aliphatic heterocycles. The minimum Gasteiger partial charge on any atom is -0.310 e. The highest BCUT2D eigenvalue weighted by molar-refractivity contribution is 9.10. The van der Waals surface area contributed by atoms with Gasteiger partial charge in [-0.3, -0.25) is 0 Å². The van der Waals surface area contributed by atoms with Gasteiger partial charge in [0.2, 0.25) is 0 Å². The first-order valence-electron chi connectivity index (χ1n) is 49.4. The van der Waals surface area contributed by atoms with Crippen LogP contribution in [0.2, 0.25) is 0 Å². The van der Waals surface area contributed by atoms with Gasteiger partial charge >= 0.3 is 0 Å². The third-order valence-corrected chi connectivity index (χ3v) is 30.3. The van der Waals surface area contributed by atoms with E-state index < -0.39 is 5.41 Å². The van der Waals surface area contributed by atoms with E-state index in [1.807, 2.05) is 0 Å². The van der Waals surface area contributed by atoms with E-state index in [9.17, 15) is 0 Å². The molecule has 0 spiro atoms. The second-order valence-electron chi connectivity index (χ2n) is 37.8.